The second-order valence-corrected chi connectivity index (χ2v) is 4.46. The first kappa shape index (κ1) is 14.4. The molecule has 2 nitrogen and oxygen atoms in total. The van der Waals surface area contributed by atoms with Crippen LogP contribution in [0.5, 0.6) is 5.75 Å². The van der Waals surface area contributed by atoms with Gasteiger partial charge < -0.3 is 10.5 Å². The number of benzene rings is 2. The zero-order valence-electron chi connectivity index (χ0n) is 11.1. The third kappa shape index (κ3) is 2.49. The van der Waals surface area contributed by atoms with Crippen LogP contribution < -0.4 is 10.5 Å². The van der Waals surface area contributed by atoms with Crippen LogP contribution in [0, 0.1) is 24.4 Å². The molecule has 0 fully saturated rings. The van der Waals surface area contributed by atoms with E-state index in [9.17, 15) is 13.2 Å². The molecule has 0 aliphatic heterocycles. The predicted molar refractivity (Wildman–Crippen MR) is 70.1 cm³/mol. The van der Waals surface area contributed by atoms with Gasteiger partial charge in [-0.2, -0.15) is 0 Å². The highest BCUT2D eigenvalue weighted by Crippen LogP contribution is 2.29. The molecule has 0 saturated heterocycles. The summed E-state index contributed by atoms with van der Waals surface area (Å²) in [5.74, 6) is -2.01. The number of hydrogen-bond donors (Lipinski definition) is 1. The fourth-order valence-electron chi connectivity index (χ4n) is 2.00. The normalized spacial score (nSPS) is 12.3. The molecule has 2 N–H and O–H groups in total. The summed E-state index contributed by atoms with van der Waals surface area (Å²) in [6.45, 7) is 1.52. The standard InChI is InChI=1S/C15H14F3NO/c1-8-3-5-11(17)13(14(8)18)15(19)9-4-6-10(16)12(7-9)20-2/h3-7,15H,19H2,1-2H3. The van der Waals surface area contributed by atoms with Gasteiger partial charge in [-0.3, -0.25) is 0 Å². The van der Waals surface area contributed by atoms with Gasteiger partial charge >= 0.3 is 0 Å². The zero-order chi connectivity index (χ0) is 14.9. The zero-order valence-corrected chi connectivity index (χ0v) is 11.1. The van der Waals surface area contributed by atoms with Crippen LogP contribution in [0.3, 0.4) is 0 Å². The summed E-state index contributed by atoms with van der Waals surface area (Å²) in [5, 5.41) is 0. The van der Waals surface area contributed by atoms with Crippen molar-refractivity contribution in [3.05, 3.63) is 64.5 Å². The number of rotatable bonds is 3. The van der Waals surface area contributed by atoms with E-state index in [2.05, 4.69) is 0 Å². The average Bonchev–Trinajstić information content (AvgIpc) is 2.43. The van der Waals surface area contributed by atoms with Gasteiger partial charge in [0.1, 0.15) is 11.6 Å². The van der Waals surface area contributed by atoms with Crippen LogP contribution in [0.2, 0.25) is 0 Å². The lowest BCUT2D eigenvalue weighted by Crippen LogP contribution is -2.16. The monoisotopic (exact) mass is 281 g/mol. The lowest BCUT2D eigenvalue weighted by molar-refractivity contribution is 0.385. The first-order valence-corrected chi connectivity index (χ1v) is 5.99. The van der Waals surface area contributed by atoms with Crippen molar-refractivity contribution in [2.24, 2.45) is 5.73 Å². The van der Waals surface area contributed by atoms with Gasteiger partial charge in [-0.1, -0.05) is 12.1 Å². The molecule has 106 valence electrons. The average molecular weight is 281 g/mol. The number of hydrogen-bond acceptors (Lipinski definition) is 2. The molecule has 0 amide bonds. The molecule has 5 heteroatoms. The van der Waals surface area contributed by atoms with Crippen molar-refractivity contribution < 1.29 is 17.9 Å². The smallest absolute Gasteiger partial charge is 0.165 e. The van der Waals surface area contributed by atoms with Crippen LogP contribution in [0.25, 0.3) is 0 Å². The molecule has 0 heterocycles. The van der Waals surface area contributed by atoms with Crippen molar-refractivity contribution in [3.63, 3.8) is 0 Å². The second-order valence-electron chi connectivity index (χ2n) is 4.46. The Hall–Kier alpha value is -2.01. The first-order valence-electron chi connectivity index (χ1n) is 5.99. The number of nitrogens with two attached hydrogens (primary N) is 1. The maximum absolute atomic E-state index is 14.0. The van der Waals surface area contributed by atoms with Crippen molar-refractivity contribution in [1.82, 2.24) is 0 Å². The first-order chi connectivity index (χ1) is 9.45. The highest BCUT2D eigenvalue weighted by Gasteiger charge is 2.21. The summed E-state index contributed by atoms with van der Waals surface area (Å²) in [6.07, 6.45) is 0. The third-order valence-corrected chi connectivity index (χ3v) is 3.16. The van der Waals surface area contributed by atoms with E-state index >= 15 is 0 Å². The Kier molecular flexibility index (Phi) is 3.99. The van der Waals surface area contributed by atoms with Crippen LogP contribution in [-0.4, -0.2) is 7.11 Å². The molecule has 0 spiro atoms. The van der Waals surface area contributed by atoms with Gasteiger partial charge in [-0.05, 0) is 36.2 Å². The molecule has 0 bridgehead atoms. The lowest BCUT2D eigenvalue weighted by atomic mass is 9.96. The molecule has 1 atom stereocenters. The lowest BCUT2D eigenvalue weighted by Gasteiger charge is -2.16. The Morgan fingerprint density at radius 3 is 2.35 bits per heavy atom. The molecule has 0 saturated carbocycles. The Morgan fingerprint density at radius 1 is 1.05 bits per heavy atom. The van der Waals surface area contributed by atoms with Crippen LogP contribution in [0.1, 0.15) is 22.7 Å². The van der Waals surface area contributed by atoms with Crippen molar-refractivity contribution in [2.45, 2.75) is 13.0 Å². The fraction of sp³-hybridized carbons (Fsp3) is 0.200. The molecule has 1 unspecified atom stereocenters. The Bertz CT molecular complexity index is 643. The van der Waals surface area contributed by atoms with Gasteiger partial charge in [0.05, 0.1) is 13.2 Å². The quantitative estimate of drug-likeness (QED) is 0.935. The Labute approximate surface area is 115 Å². The van der Waals surface area contributed by atoms with E-state index in [1.807, 2.05) is 0 Å². The molecule has 2 aromatic carbocycles. The second kappa shape index (κ2) is 5.54. The minimum Gasteiger partial charge on any atom is -0.494 e. The predicted octanol–water partition coefficient (Wildman–Crippen LogP) is 3.47. The van der Waals surface area contributed by atoms with E-state index in [0.29, 0.717) is 11.1 Å². The molecule has 0 radical (unpaired) electrons. The molecule has 0 aliphatic carbocycles. The summed E-state index contributed by atoms with van der Waals surface area (Å²) < 4.78 is 46.0. The van der Waals surface area contributed by atoms with Crippen LogP contribution >= 0.6 is 0 Å². The van der Waals surface area contributed by atoms with Crippen molar-refractivity contribution in [3.8, 4) is 5.75 Å². The van der Waals surface area contributed by atoms with E-state index in [-0.39, 0.29) is 11.3 Å². The van der Waals surface area contributed by atoms with E-state index in [1.165, 1.54) is 32.2 Å². The largest absolute Gasteiger partial charge is 0.494 e. The van der Waals surface area contributed by atoms with Crippen molar-refractivity contribution >= 4 is 0 Å². The molecule has 0 aliphatic rings. The van der Waals surface area contributed by atoms with Gasteiger partial charge in [0.15, 0.2) is 11.6 Å². The topological polar surface area (TPSA) is 35.2 Å². The number of ether oxygens (including phenoxy) is 1. The summed E-state index contributed by atoms with van der Waals surface area (Å²) >= 11 is 0. The molecule has 20 heavy (non-hydrogen) atoms. The minimum absolute atomic E-state index is 0.0218. The van der Waals surface area contributed by atoms with Gasteiger partial charge in [0, 0.05) is 5.56 Å². The molecule has 2 aromatic rings. The Morgan fingerprint density at radius 2 is 1.70 bits per heavy atom. The number of methoxy groups -OCH3 is 1. The summed E-state index contributed by atoms with van der Waals surface area (Å²) in [4.78, 5) is 0. The Balaban J connectivity index is 2.51. The van der Waals surface area contributed by atoms with Crippen molar-refractivity contribution in [1.29, 1.82) is 0 Å². The molecular formula is C15H14F3NO. The van der Waals surface area contributed by atoms with E-state index in [4.69, 9.17) is 10.5 Å². The third-order valence-electron chi connectivity index (χ3n) is 3.16. The minimum atomic E-state index is -1.04. The SMILES string of the molecule is COc1cc(C(N)c2c(F)ccc(C)c2F)ccc1F. The maximum Gasteiger partial charge on any atom is 0.165 e. The summed E-state index contributed by atoms with van der Waals surface area (Å²) in [5.41, 5.74) is 6.33. The summed E-state index contributed by atoms with van der Waals surface area (Å²) in [6, 6.07) is 5.33. The van der Waals surface area contributed by atoms with Crippen molar-refractivity contribution in [2.75, 3.05) is 7.11 Å². The summed E-state index contributed by atoms with van der Waals surface area (Å²) in [7, 11) is 1.31. The van der Waals surface area contributed by atoms with Gasteiger partial charge in [0.25, 0.3) is 0 Å². The highest BCUT2D eigenvalue weighted by atomic mass is 19.1. The van der Waals surface area contributed by atoms with Gasteiger partial charge in [-0.25, -0.2) is 13.2 Å². The molecule has 2 rings (SSSR count). The fourth-order valence-corrected chi connectivity index (χ4v) is 2.00. The number of halogens is 3. The van der Waals surface area contributed by atoms with Crippen LogP contribution in [-0.2, 0) is 0 Å². The number of aryl methyl sites for hydroxylation is 1. The highest BCUT2D eigenvalue weighted by molar-refractivity contribution is 5.39. The molecule has 0 aromatic heterocycles. The van der Waals surface area contributed by atoms with E-state index < -0.39 is 23.5 Å². The maximum atomic E-state index is 14.0. The van der Waals surface area contributed by atoms with E-state index in [1.54, 1.807) is 0 Å². The molecular weight excluding hydrogens is 267 g/mol. The van der Waals surface area contributed by atoms with Crippen LogP contribution in [0.4, 0.5) is 13.2 Å². The van der Waals surface area contributed by atoms with Crippen LogP contribution in [0.15, 0.2) is 30.3 Å². The van der Waals surface area contributed by atoms with E-state index in [0.717, 1.165) is 12.1 Å². The van der Waals surface area contributed by atoms with Gasteiger partial charge in [0.2, 0.25) is 0 Å². The van der Waals surface area contributed by atoms with Gasteiger partial charge in [-0.15, -0.1) is 0 Å².